The van der Waals surface area contributed by atoms with E-state index in [1.807, 2.05) is 30.3 Å². The number of rotatable bonds is 5. The van der Waals surface area contributed by atoms with E-state index in [0.29, 0.717) is 16.9 Å². The molecule has 0 saturated carbocycles. The van der Waals surface area contributed by atoms with Crippen molar-refractivity contribution in [3.63, 3.8) is 0 Å². The summed E-state index contributed by atoms with van der Waals surface area (Å²) in [5, 5.41) is 13.3. The quantitative estimate of drug-likeness (QED) is 0.374. The molecule has 27 heavy (non-hydrogen) atoms. The van der Waals surface area contributed by atoms with Crippen molar-refractivity contribution in [2.75, 3.05) is 18.0 Å². The van der Waals surface area contributed by atoms with Gasteiger partial charge in [-0.2, -0.15) is 0 Å². The molecule has 1 aromatic carbocycles. The first-order chi connectivity index (χ1) is 13.1. The number of nitro groups is 1. The van der Waals surface area contributed by atoms with Crippen molar-refractivity contribution in [1.29, 1.82) is 0 Å². The van der Waals surface area contributed by atoms with E-state index in [2.05, 4.69) is 4.90 Å². The van der Waals surface area contributed by atoms with Crippen molar-refractivity contribution in [3.05, 3.63) is 63.0 Å². The van der Waals surface area contributed by atoms with Crippen LogP contribution in [0.1, 0.15) is 28.8 Å². The maximum absolute atomic E-state index is 12.8. The van der Waals surface area contributed by atoms with Gasteiger partial charge in [0.1, 0.15) is 18.0 Å². The van der Waals surface area contributed by atoms with Crippen LogP contribution in [0, 0.1) is 10.1 Å². The second-order valence-electron chi connectivity index (χ2n) is 6.37. The summed E-state index contributed by atoms with van der Waals surface area (Å²) in [7, 11) is 0. The van der Waals surface area contributed by atoms with Gasteiger partial charge in [0, 0.05) is 35.5 Å². The summed E-state index contributed by atoms with van der Waals surface area (Å²) in [6.45, 7) is 1.72. The van der Waals surface area contributed by atoms with E-state index in [1.165, 1.54) is 6.07 Å². The number of hydrogen-bond donors (Lipinski definition) is 0. The molecule has 0 amide bonds. The number of carbonyl (C=O) groups excluding carboxylic acids is 1. The summed E-state index contributed by atoms with van der Waals surface area (Å²) in [6.07, 6.45) is 2.14. The van der Waals surface area contributed by atoms with Gasteiger partial charge in [0.15, 0.2) is 0 Å². The summed E-state index contributed by atoms with van der Waals surface area (Å²) < 4.78 is 5.43. The monoisotopic (exact) mass is 383 g/mol. The Morgan fingerprint density at radius 1 is 1.26 bits per heavy atom. The zero-order valence-corrected chi connectivity index (χ0v) is 15.3. The Morgan fingerprint density at radius 2 is 2.04 bits per heavy atom. The van der Waals surface area contributed by atoms with Crippen LogP contribution in [-0.2, 0) is 11.3 Å². The standard InChI is InChI=1S/C19H17N3O4S/c23-19(26-11-13-9-17(22(24)25)27-12-13)15-10-14-5-1-2-6-16(14)20-18(15)21-7-3-4-8-21/h1-2,5-6,9-10,12H,3-4,7-8,11H2. The zero-order valence-electron chi connectivity index (χ0n) is 14.5. The van der Waals surface area contributed by atoms with Gasteiger partial charge in [-0.05, 0) is 25.0 Å². The lowest BCUT2D eigenvalue weighted by Crippen LogP contribution is -2.22. The van der Waals surface area contributed by atoms with Crippen LogP contribution in [-0.4, -0.2) is 29.0 Å². The number of nitrogens with zero attached hydrogens (tertiary/aromatic N) is 3. The molecule has 1 aliphatic rings. The van der Waals surface area contributed by atoms with Crippen molar-refractivity contribution in [1.82, 2.24) is 4.98 Å². The highest BCUT2D eigenvalue weighted by Crippen LogP contribution is 2.28. The first kappa shape index (κ1) is 17.4. The number of carbonyl (C=O) groups is 1. The minimum atomic E-state index is -0.469. The van der Waals surface area contributed by atoms with Gasteiger partial charge < -0.3 is 9.64 Å². The van der Waals surface area contributed by atoms with Crippen LogP contribution in [0.3, 0.4) is 0 Å². The van der Waals surface area contributed by atoms with Crippen molar-refractivity contribution in [2.24, 2.45) is 0 Å². The van der Waals surface area contributed by atoms with Gasteiger partial charge in [0.2, 0.25) is 0 Å². The van der Waals surface area contributed by atoms with Gasteiger partial charge in [-0.1, -0.05) is 29.5 Å². The van der Waals surface area contributed by atoms with Crippen molar-refractivity contribution in [2.45, 2.75) is 19.4 Å². The second kappa shape index (κ2) is 7.32. The van der Waals surface area contributed by atoms with Gasteiger partial charge in [0.05, 0.1) is 10.4 Å². The summed E-state index contributed by atoms with van der Waals surface area (Å²) in [5.41, 5.74) is 1.88. The number of benzene rings is 1. The Hall–Kier alpha value is -3.00. The number of aromatic nitrogens is 1. The van der Waals surface area contributed by atoms with Crippen molar-refractivity contribution in [3.8, 4) is 0 Å². The molecule has 0 spiro atoms. The molecular weight excluding hydrogens is 366 g/mol. The highest BCUT2D eigenvalue weighted by atomic mass is 32.1. The largest absolute Gasteiger partial charge is 0.457 e. The van der Waals surface area contributed by atoms with Crippen LogP contribution >= 0.6 is 11.3 Å². The smallest absolute Gasteiger partial charge is 0.342 e. The molecule has 2 aromatic heterocycles. The first-order valence-corrected chi connectivity index (χ1v) is 9.53. The molecule has 0 bridgehead atoms. The lowest BCUT2D eigenvalue weighted by Gasteiger charge is -2.20. The predicted octanol–water partition coefficient (Wildman–Crippen LogP) is 4.16. The molecule has 3 heterocycles. The number of anilines is 1. The van der Waals surface area contributed by atoms with E-state index in [1.54, 1.807) is 5.38 Å². The fourth-order valence-electron chi connectivity index (χ4n) is 3.19. The number of ether oxygens (including phenoxy) is 1. The molecule has 3 aromatic rings. The average Bonchev–Trinajstić information content (AvgIpc) is 3.37. The van der Waals surface area contributed by atoms with E-state index in [0.717, 1.165) is 48.2 Å². The molecule has 0 radical (unpaired) electrons. The SMILES string of the molecule is O=C(OCc1csc([N+](=O)[O-])c1)c1cc2ccccc2nc1N1CCCC1. The van der Waals surface area contributed by atoms with E-state index in [9.17, 15) is 14.9 Å². The van der Waals surface area contributed by atoms with Gasteiger partial charge in [-0.25, -0.2) is 9.78 Å². The van der Waals surface area contributed by atoms with Gasteiger partial charge in [-0.3, -0.25) is 10.1 Å². The van der Waals surface area contributed by atoms with Gasteiger partial charge in [-0.15, -0.1) is 0 Å². The Labute approximate surface area is 159 Å². The number of fused-ring (bicyclic) bond motifs is 1. The fourth-order valence-corrected chi connectivity index (χ4v) is 3.90. The van der Waals surface area contributed by atoms with Gasteiger partial charge in [0.25, 0.3) is 0 Å². The molecule has 138 valence electrons. The highest BCUT2D eigenvalue weighted by molar-refractivity contribution is 7.13. The molecule has 1 saturated heterocycles. The Balaban J connectivity index is 1.61. The van der Waals surface area contributed by atoms with Crippen LogP contribution in [0.2, 0.25) is 0 Å². The Morgan fingerprint density at radius 3 is 2.78 bits per heavy atom. The maximum Gasteiger partial charge on any atom is 0.342 e. The average molecular weight is 383 g/mol. The summed E-state index contributed by atoms with van der Waals surface area (Å²) >= 11 is 1.02. The van der Waals surface area contributed by atoms with E-state index in [4.69, 9.17) is 9.72 Å². The lowest BCUT2D eigenvalue weighted by atomic mass is 10.1. The number of pyridine rings is 1. The van der Waals surface area contributed by atoms with Crippen LogP contribution in [0.25, 0.3) is 10.9 Å². The Bertz CT molecular complexity index is 1010. The minimum absolute atomic E-state index is 0.00452. The van der Waals surface area contributed by atoms with Crippen LogP contribution in [0.15, 0.2) is 41.8 Å². The van der Waals surface area contributed by atoms with E-state index < -0.39 is 10.9 Å². The van der Waals surface area contributed by atoms with Gasteiger partial charge >= 0.3 is 11.0 Å². The summed E-state index contributed by atoms with van der Waals surface area (Å²) in [4.78, 5) is 29.9. The predicted molar refractivity (Wildman–Crippen MR) is 103 cm³/mol. The minimum Gasteiger partial charge on any atom is -0.457 e. The van der Waals surface area contributed by atoms with Crippen LogP contribution in [0.5, 0.6) is 0 Å². The number of esters is 1. The molecule has 1 fully saturated rings. The summed E-state index contributed by atoms with van der Waals surface area (Å²) in [5.74, 6) is 0.177. The zero-order chi connectivity index (χ0) is 18.8. The normalized spacial score (nSPS) is 13.9. The van der Waals surface area contributed by atoms with E-state index in [-0.39, 0.29) is 11.6 Å². The first-order valence-electron chi connectivity index (χ1n) is 8.65. The molecule has 0 atom stereocenters. The van der Waals surface area contributed by atoms with Crippen molar-refractivity contribution < 1.29 is 14.5 Å². The molecule has 7 nitrogen and oxygen atoms in total. The number of para-hydroxylation sites is 1. The topological polar surface area (TPSA) is 85.6 Å². The maximum atomic E-state index is 12.8. The molecule has 1 aliphatic heterocycles. The fraction of sp³-hybridized carbons (Fsp3) is 0.263. The third-order valence-electron chi connectivity index (χ3n) is 4.52. The third-order valence-corrected chi connectivity index (χ3v) is 5.45. The summed E-state index contributed by atoms with van der Waals surface area (Å²) in [6, 6.07) is 10.9. The van der Waals surface area contributed by atoms with E-state index >= 15 is 0 Å². The molecule has 8 heteroatoms. The van der Waals surface area contributed by atoms with Crippen LogP contribution < -0.4 is 4.90 Å². The Kier molecular flexibility index (Phi) is 4.72. The van der Waals surface area contributed by atoms with Crippen molar-refractivity contribution >= 4 is 39.0 Å². The molecule has 4 rings (SSSR count). The molecule has 0 N–H and O–H groups in total. The third kappa shape index (κ3) is 3.61. The highest BCUT2D eigenvalue weighted by Gasteiger charge is 2.23. The second-order valence-corrected chi connectivity index (χ2v) is 7.26. The number of hydrogen-bond acceptors (Lipinski definition) is 7. The van der Waals surface area contributed by atoms with Crippen LogP contribution in [0.4, 0.5) is 10.8 Å². The number of thiophene rings is 1. The molecule has 0 aliphatic carbocycles. The lowest BCUT2D eigenvalue weighted by molar-refractivity contribution is -0.380. The molecule has 0 unspecified atom stereocenters. The molecular formula is C19H17N3O4S.